The van der Waals surface area contributed by atoms with E-state index in [1.165, 1.54) is 6.92 Å². The second kappa shape index (κ2) is 15.8. The highest BCUT2D eigenvalue weighted by Crippen LogP contribution is 2.07. The van der Waals surface area contributed by atoms with Crippen molar-refractivity contribution in [2.24, 2.45) is 22.2 Å². The molecule has 0 heterocycles. The minimum absolute atomic E-state index is 0.0362. The van der Waals surface area contributed by atoms with Crippen molar-refractivity contribution < 1.29 is 39.3 Å². The molecule has 0 aliphatic carbocycles. The Bertz CT molecular complexity index is 999. The third-order valence-electron chi connectivity index (χ3n) is 5.31. The molecule has 1 aromatic rings. The number of aliphatic imine (C=N–C) groups is 1. The largest absolute Gasteiger partial charge is 0.481 e. The first-order chi connectivity index (χ1) is 17.8. The van der Waals surface area contributed by atoms with Gasteiger partial charge in [0.25, 0.3) is 0 Å². The van der Waals surface area contributed by atoms with Crippen LogP contribution in [0.15, 0.2) is 35.3 Å². The Labute approximate surface area is 218 Å². The molecule has 12 N–H and O–H groups in total. The Morgan fingerprint density at radius 2 is 1.45 bits per heavy atom. The van der Waals surface area contributed by atoms with Crippen molar-refractivity contribution in [1.29, 1.82) is 0 Å². The van der Waals surface area contributed by atoms with Gasteiger partial charge in [-0.05, 0) is 25.3 Å². The van der Waals surface area contributed by atoms with Crippen LogP contribution in [0.2, 0.25) is 0 Å². The summed E-state index contributed by atoms with van der Waals surface area (Å²) < 4.78 is 0. The summed E-state index contributed by atoms with van der Waals surface area (Å²) in [6, 6.07) is 2.81. The van der Waals surface area contributed by atoms with Crippen molar-refractivity contribution in [3.63, 3.8) is 0 Å². The van der Waals surface area contributed by atoms with Gasteiger partial charge in [-0.15, -0.1) is 0 Å². The van der Waals surface area contributed by atoms with Crippen LogP contribution >= 0.6 is 0 Å². The van der Waals surface area contributed by atoms with Crippen LogP contribution in [0.25, 0.3) is 0 Å². The zero-order valence-electron chi connectivity index (χ0n) is 20.9. The molecule has 0 aliphatic heterocycles. The topological polar surface area (TPSA) is 273 Å². The monoisotopic (exact) mass is 537 g/mol. The molecule has 0 saturated carbocycles. The molecule has 0 bridgehead atoms. The Kier molecular flexibility index (Phi) is 13.2. The van der Waals surface area contributed by atoms with Crippen molar-refractivity contribution in [2.45, 2.75) is 62.9 Å². The van der Waals surface area contributed by atoms with E-state index in [2.05, 4.69) is 20.9 Å². The van der Waals surface area contributed by atoms with Crippen LogP contribution in [0.5, 0.6) is 0 Å². The first-order valence-electron chi connectivity index (χ1n) is 11.7. The van der Waals surface area contributed by atoms with E-state index in [1.54, 1.807) is 30.3 Å². The Balaban J connectivity index is 3.09. The molecule has 5 unspecified atom stereocenters. The van der Waals surface area contributed by atoms with E-state index >= 15 is 0 Å². The molecule has 0 radical (unpaired) electrons. The Morgan fingerprint density at radius 1 is 0.895 bits per heavy atom. The minimum atomic E-state index is -1.64. The number of hydrogen-bond acceptors (Lipinski definition) is 8. The zero-order valence-corrected chi connectivity index (χ0v) is 20.9. The van der Waals surface area contributed by atoms with Gasteiger partial charge in [-0.3, -0.25) is 24.2 Å². The second-order valence-electron chi connectivity index (χ2n) is 8.52. The summed E-state index contributed by atoms with van der Waals surface area (Å²) in [5, 5.41) is 35.2. The fourth-order valence-corrected chi connectivity index (χ4v) is 3.24. The van der Waals surface area contributed by atoms with Crippen molar-refractivity contribution >= 4 is 35.6 Å². The van der Waals surface area contributed by atoms with E-state index in [0.29, 0.717) is 5.56 Å². The summed E-state index contributed by atoms with van der Waals surface area (Å²) in [5.41, 5.74) is 16.8. The molecule has 0 spiro atoms. The predicted molar refractivity (Wildman–Crippen MR) is 135 cm³/mol. The molecule has 1 aromatic carbocycles. The number of carboxylic acids is 2. The number of aliphatic hydroxyl groups excluding tert-OH is 1. The minimum Gasteiger partial charge on any atom is -0.481 e. The smallest absolute Gasteiger partial charge is 0.326 e. The first-order valence-corrected chi connectivity index (χ1v) is 11.7. The number of nitrogens with two attached hydrogens (primary N) is 3. The maximum atomic E-state index is 13.0. The number of aliphatic hydroxyl groups is 1. The number of aliphatic carboxylic acids is 2. The lowest BCUT2D eigenvalue weighted by atomic mass is 10.0. The lowest BCUT2D eigenvalue weighted by Gasteiger charge is -2.25. The van der Waals surface area contributed by atoms with Crippen LogP contribution in [-0.4, -0.2) is 87.8 Å². The van der Waals surface area contributed by atoms with Crippen molar-refractivity contribution in [3.05, 3.63) is 35.9 Å². The third-order valence-corrected chi connectivity index (χ3v) is 5.31. The molecular formula is C23H35N7O8. The normalized spacial score (nSPS) is 14.6. The predicted octanol–water partition coefficient (Wildman–Crippen LogP) is -3.00. The van der Waals surface area contributed by atoms with Crippen molar-refractivity contribution in [2.75, 3.05) is 6.54 Å². The van der Waals surface area contributed by atoms with Gasteiger partial charge in [0.2, 0.25) is 17.7 Å². The highest BCUT2D eigenvalue weighted by Gasteiger charge is 2.32. The number of hydrogen-bond donors (Lipinski definition) is 9. The highest BCUT2D eigenvalue weighted by atomic mass is 16.4. The van der Waals surface area contributed by atoms with Crippen LogP contribution in [0.1, 0.15) is 31.7 Å². The summed E-state index contributed by atoms with van der Waals surface area (Å²) in [7, 11) is 0. The van der Waals surface area contributed by atoms with E-state index in [-0.39, 0.29) is 31.8 Å². The van der Waals surface area contributed by atoms with E-state index in [1.807, 2.05) is 0 Å². The molecule has 0 saturated heterocycles. The maximum absolute atomic E-state index is 13.0. The molecule has 0 fully saturated rings. The number of nitrogens with one attached hydrogen (secondary N) is 3. The summed E-state index contributed by atoms with van der Waals surface area (Å²) >= 11 is 0. The lowest BCUT2D eigenvalue weighted by Crippen LogP contribution is -2.58. The molecular weight excluding hydrogens is 502 g/mol. The summed E-state index contributed by atoms with van der Waals surface area (Å²) in [6.07, 6.45) is -2.03. The fourth-order valence-electron chi connectivity index (χ4n) is 3.24. The number of carbonyl (C=O) groups is 5. The van der Waals surface area contributed by atoms with E-state index in [0.717, 1.165) is 0 Å². The van der Waals surface area contributed by atoms with Gasteiger partial charge in [0.1, 0.15) is 24.2 Å². The number of carbonyl (C=O) groups excluding carboxylic acids is 3. The van der Waals surface area contributed by atoms with Gasteiger partial charge in [0, 0.05) is 13.0 Å². The van der Waals surface area contributed by atoms with Crippen LogP contribution in [-0.2, 0) is 30.4 Å². The number of rotatable bonds is 16. The van der Waals surface area contributed by atoms with Gasteiger partial charge in [-0.2, -0.15) is 0 Å². The standard InChI is InChI=1S/C23H35N7O8/c1-12(31)18(24)21(36)29-15(11-17(32)33)20(35)28-14(8-5-9-27-23(25)26)19(34)30-16(22(37)38)10-13-6-3-2-4-7-13/h2-4,6-7,12,14-16,18,31H,5,8-11,24H2,1H3,(H,28,35)(H,29,36)(H,30,34)(H,32,33)(H,37,38)(H4,25,26,27). The lowest BCUT2D eigenvalue weighted by molar-refractivity contribution is -0.143. The van der Waals surface area contributed by atoms with Crippen LogP contribution < -0.4 is 33.2 Å². The third kappa shape index (κ3) is 11.7. The molecule has 0 aliphatic rings. The summed E-state index contributed by atoms with van der Waals surface area (Å²) in [4.78, 5) is 65.1. The van der Waals surface area contributed by atoms with Crippen LogP contribution in [0.3, 0.4) is 0 Å². The molecule has 1 rings (SSSR count). The second-order valence-corrected chi connectivity index (χ2v) is 8.52. The van der Waals surface area contributed by atoms with E-state index in [9.17, 15) is 39.3 Å². The van der Waals surface area contributed by atoms with E-state index in [4.69, 9.17) is 17.2 Å². The van der Waals surface area contributed by atoms with Gasteiger partial charge >= 0.3 is 11.9 Å². The molecule has 210 valence electrons. The number of nitrogens with zero attached hydrogens (tertiary/aromatic N) is 1. The first kappa shape index (κ1) is 31.8. The van der Waals surface area contributed by atoms with Gasteiger partial charge < -0.3 is 48.5 Å². The molecule has 5 atom stereocenters. The van der Waals surface area contributed by atoms with Gasteiger partial charge in [-0.25, -0.2) is 4.79 Å². The molecule has 15 nitrogen and oxygen atoms in total. The zero-order chi connectivity index (χ0) is 28.8. The van der Waals surface area contributed by atoms with Crippen molar-refractivity contribution in [3.8, 4) is 0 Å². The Morgan fingerprint density at radius 3 is 1.97 bits per heavy atom. The summed E-state index contributed by atoms with van der Waals surface area (Å²) in [6.45, 7) is 1.33. The number of guanidine groups is 1. The number of carboxylic acid groups (broad SMARTS) is 2. The van der Waals surface area contributed by atoms with Gasteiger partial charge in [0.05, 0.1) is 12.5 Å². The average molecular weight is 538 g/mol. The van der Waals surface area contributed by atoms with Gasteiger partial charge in [-0.1, -0.05) is 30.3 Å². The summed E-state index contributed by atoms with van der Waals surface area (Å²) in [5.74, 6) is -5.80. The van der Waals surface area contributed by atoms with Crippen molar-refractivity contribution in [1.82, 2.24) is 16.0 Å². The average Bonchev–Trinajstić information content (AvgIpc) is 2.84. The molecule has 38 heavy (non-hydrogen) atoms. The highest BCUT2D eigenvalue weighted by molar-refractivity contribution is 5.95. The quantitative estimate of drug-likeness (QED) is 0.0582. The SMILES string of the molecule is CC(O)C(N)C(=O)NC(CC(=O)O)C(=O)NC(CCCN=C(N)N)C(=O)NC(Cc1ccccc1)C(=O)O. The van der Waals surface area contributed by atoms with E-state index < -0.39 is 66.4 Å². The number of benzene rings is 1. The van der Waals surface area contributed by atoms with Crippen LogP contribution in [0, 0.1) is 0 Å². The van der Waals surface area contributed by atoms with Crippen LogP contribution in [0.4, 0.5) is 0 Å². The molecule has 0 aromatic heterocycles. The Hall–Kier alpha value is -4.24. The molecule has 3 amide bonds. The number of amides is 3. The van der Waals surface area contributed by atoms with Gasteiger partial charge in [0.15, 0.2) is 5.96 Å². The molecule has 15 heteroatoms. The maximum Gasteiger partial charge on any atom is 0.326 e. The fraction of sp³-hybridized carbons (Fsp3) is 0.478.